The summed E-state index contributed by atoms with van der Waals surface area (Å²) in [5.41, 5.74) is 0. The van der Waals surface area contributed by atoms with E-state index >= 15 is 0 Å². The molecule has 3 heteroatoms. The van der Waals surface area contributed by atoms with Gasteiger partial charge >= 0.3 is 0 Å². The normalized spacial score (nSPS) is 35.3. The van der Waals surface area contributed by atoms with E-state index in [1.54, 1.807) is 0 Å². The van der Waals surface area contributed by atoms with Crippen molar-refractivity contribution < 1.29 is 4.74 Å². The van der Waals surface area contributed by atoms with E-state index in [9.17, 15) is 0 Å². The van der Waals surface area contributed by atoms with Gasteiger partial charge in [-0.3, -0.25) is 0 Å². The second-order valence-electron chi connectivity index (χ2n) is 2.32. The SMILES string of the molecule is C[C@@H]1NCCO[C@@H]1C.Cl. The molecule has 56 valence electrons. The smallest absolute Gasteiger partial charge is 0.0697 e. The molecule has 0 aromatic carbocycles. The van der Waals surface area contributed by atoms with Gasteiger partial charge in [-0.25, -0.2) is 0 Å². The molecule has 1 heterocycles. The molecule has 2 nitrogen and oxygen atoms in total. The Labute approximate surface area is 62.4 Å². The number of hydrogen-bond donors (Lipinski definition) is 1. The molecule has 1 saturated heterocycles. The molecule has 1 rings (SSSR count). The first kappa shape index (κ1) is 9.21. The number of morpholine rings is 1. The minimum atomic E-state index is 0. The van der Waals surface area contributed by atoms with Gasteiger partial charge in [0.2, 0.25) is 0 Å². The van der Waals surface area contributed by atoms with Crippen LogP contribution in [-0.2, 0) is 4.74 Å². The predicted molar refractivity (Wildman–Crippen MR) is 40.1 cm³/mol. The van der Waals surface area contributed by atoms with Crippen LogP contribution in [0.2, 0.25) is 0 Å². The van der Waals surface area contributed by atoms with Crippen LogP contribution in [0.25, 0.3) is 0 Å². The fourth-order valence-corrected chi connectivity index (χ4v) is 0.842. The van der Waals surface area contributed by atoms with E-state index in [1.165, 1.54) is 0 Å². The maximum absolute atomic E-state index is 5.33. The third-order valence-corrected chi connectivity index (χ3v) is 1.65. The van der Waals surface area contributed by atoms with Gasteiger partial charge in [-0.2, -0.15) is 0 Å². The Morgan fingerprint density at radius 3 is 2.44 bits per heavy atom. The Kier molecular flexibility index (Phi) is 4.19. The predicted octanol–water partition coefficient (Wildman–Crippen LogP) is 0.805. The number of ether oxygens (including phenoxy) is 1. The fourth-order valence-electron chi connectivity index (χ4n) is 0.842. The Bertz CT molecular complexity index is 69.5. The highest BCUT2D eigenvalue weighted by Crippen LogP contribution is 2.00. The average Bonchev–Trinajstić information content (AvgIpc) is 1.77. The maximum atomic E-state index is 5.33. The summed E-state index contributed by atoms with van der Waals surface area (Å²) >= 11 is 0. The summed E-state index contributed by atoms with van der Waals surface area (Å²) < 4.78 is 5.33. The van der Waals surface area contributed by atoms with Crippen LogP contribution in [0.5, 0.6) is 0 Å². The first-order valence-corrected chi connectivity index (χ1v) is 3.15. The van der Waals surface area contributed by atoms with E-state index in [4.69, 9.17) is 4.74 Å². The lowest BCUT2D eigenvalue weighted by atomic mass is 10.2. The molecule has 0 aliphatic carbocycles. The third kappa shape index (κ3) is 2.52. The van der Waals surface area contributed by atoms with Crippen LogP contribution in [-0.4, -0.2) is 25.3 Å². The Morgan fingerprint density at radius 2 is 2.11 bits per heavy atom. The molecular formula is C6H14ClNO. The van der Waals surface area contributed by atoms with Gasteiger partial charge in [0.1, 0.15) is 0 Å². The summed E-state index contributed by atoms with van der Waals surface area (Å²) in [5, 5.41) is 3.31. The summed E-state index contributed by atoms with van der Waals surface area (Å²) in [6, 6.07) is 0.531. The maximum Gasteiger partial charge on any atom is 0.0697 e. The largest absolute Gasteiger partial charge is 0.376 e. The van der Waals surface area contributed by atoms with E-state index in [0.29, 0.717) is 12.1 Å². The van der Waals surface area contributed by atoms with Crippen LogP contribution >= 0.6 is 12.4 Å². The van der Waals surface area contributed by atoms with Gasteiger partial charge in [-0.15, -0.1) is 12.4 Å². The number of nitrogens with one attached hydrogen (secondary N) is 1. The average molecular weight is 152 g/mol. The number of hydrogen-bond acceptors (Lipinski definition) is 2. The second-order valence-corrected chi connectivity index (χ2v) is 2.32. The first-order valence-electron chi connectivity index (χ1n) is 3.15. The summed E-state index contributed by atoms with van der Waals surface area (Å²) in [6.07, 6.45) is 0.392. The van der Waals surface area contributed by atoms with Gasteiger partial charge in [0.25, 0.3) is 0 Å². The van der Waals surface area contributed by atoms with Gasteiger partial charge in [-0.05, 0) is 13.8 Å². The van der Waals surface area contributed by atoms with Crippen molar-refractivity contribution in [1.82, 2.24) is 5.32 Å². The lowest BCUT2D eigenvalue weighted by Gasteiger charge is -2.26. The topological polar surface area (TPSA) is 21.3 Å². The molecular weight excluding hydrogens is 138 g/mol. The molecule has 1 aliphatic heterocycles. The molecule has 0 aromatic heterocycles. The van der Waals surface area contributed by atoms with Gasteiger partial charge in [0.05, 0.1) is 12.7 Å². The molecule has 9 heavy (non-hydrogen) atoms. The minimum Gasteiger partial charge on any atom is -0.376 e. The molecule has 0 aromatic rings. The minimum absolute atomic E-state index is 0. The third-order valence-electron chi connectivity index (χ3n) is 1.65. The Morgan fingerprint density at radius 1 is 1.44 bits per heavy atom. The zero-order chi connectivity index (χ0) is 5.98. The highest BCUT2D eigenvalue weighted by atomic mass is 35.5. The standard InChI is InChI=1S/C6H13NO.ClH/c1-5-6(2)8-4-3-7-5;/h5-7H,3-4H2,1-2H3;1H/t5-,6+;/m0./s1. The van der Waals surface area contributed by atoms with Crippen LogP contribution in [0.3, 0.4) is 0 Å². The van der Waals surface area contributed by atoms with Crippen molar-refractivity contribution in [3.63, 3.8) is 0 Å². The second kappa shape index (κ2) is 4.09. The molecule has 0 unspecified atom stereocenters. The fraction of sp³-hybridized carbons (Fsp3) is 1.00. The molecule has 0 amide bonds. The van der Waals surface area contributed by atoms with Crippen molar-refractivity contribution in [2.24, 2.45) is 0 Å². The van der Waals surface area contributed by atoms with Crippen molar-refractivity contribution in [1.29, 1.82) is 0 Å². The molecule has 1 fully saturated rings. The molecule has 1 N–H and O–H groups in total. The highest BCUT2D eigenvalue weighted by molar-refractivity contribution is 5.85. The zero-order valence-corrected chi connectivity index (χ0v) is 6.70. The van der Waals surface area contributed by atoms with Crippen molar-refractivity contribution in [3.8, 4) is 0 Å². The van der Waals surface area contributed by atoms with Gasteiger partial charge in [-0.1, -0.05) is 0 Å². The van der Waals surface area contributed by atoms with E-state index in [1.807, 2.05) is 0 Å². The molecule has 0 saturated carbocycles. The molecule has 0 radical (unpaired) electrons. The van der Waals surface area contributed by atoms with Gasteiger partial charge in [0, 0.05) is 12.6 Å². The molecule has 2 atom stereocenters. The molecule has 0 bridgehead atoms. The van der Waals surface area contributed by atoms with Crippen molar-refractivity contribution in [3.05, 3.63) is 0 Å². The highest BCUT2D eigenvalue weighted by Gasteiger charge is 2.15. The zero-order valence-electron chi connectivity index (χ0n) is 5.89. The Balaban J connectivity index is 0.000000640. The number of rotatable bonds is 0. The summed E-state index contributed by atoms with van der Waals surface area (Å²) in [7, 11) is 0. The van der Waals surface area contributed by atoms with Crippen LogP contribution < -0.4 is 5.32 Å². The lowest BCUT2D eigenvalue weighted by Crippen LogP contribution is -2.44. The van der Waals surface area contributed by atoms with Crippen molar-refractivity contribution in [2.45, 2.75) is 26.0 Å². The number of halogens is 1. The van der Waals surface area contributed by atoms with E-state index in [0.717, 1.165) is 13.2 Å². The van der Waals surface area contributed by atoms with Gasteiger partial charge < -0.3 is 10.1 Å². The first-order chi connectivity index (χ1) is 3.80. The van der Waals surface area contributed by atoms with E-state index in [-0.39, 0.29) is 12.4 Å². The van der Waals surface area contributed by atoms with Crippen LogP contribution in [0.15, 0.2) is 0 Å². The van der Waals surface area contributed by atoms with Crippen LogP contribution in [0.4, 0.5) is 0 Å². The van der Waals surface area contributed by atoms with E-state index < -0.39 is 0 Å². The monoisotopic (exact) mass is 151 g/mol. The van der Waals surface area contributed by atoms with Gasteiger partial charge in [0.15, 0.2) is 0 Å². The quantitative estimate of drug-likeness (QED) is 0.553. The summed E-state index contributed by atoms with van der Waals surface area (Å²) in [4.78, 5) is 0. The Hall–Kier alpha value is 0.210. The van der Waals surface area contributed by atoms with Crippen molar-refractivity contribution in [2.75, 3.05) is 13.2 Å². The molecule has 0 spiro atoms. The van der Waals surface area contributed by atoms with Crippen LogP contribution in [0.1, 0.15) is 13.8 Å². The summed E-state index contributed by atoms with van der Waals surface area (Å²) in [6.45, 7) is 6.11. The van der Waals surface area contributed by atoms with Crippen LogP contribution in [0, 0.1) is 0 Å². The summed E-state index contributed by atoms with van der Waals surface area (Å²) in [5.74, 6) is 0. The lowest BCUT2D eigenvalue weighted by molar-refractivity contribution is 0.0135. The molecule has 1 aliphatic rings. The van der Waals surface area contributed by atoms with E-state index in [2.05, 4.69) is 19.2 Å². The van der Waals surface area contributed by atoms with Crippen molar-refractivity contribution >= 4 is 12.4 Å².